The van der Waals surface area contributed by atoms with Gasteiger partial charge in [-0.2, -0.15) is 18.2 Å². The van der Waals surface area contributed by atoms with Crippen molar-refractivity contribution < 1.29 is 22.4 Å². The lowest BCUT2D eigenvalue weighted by atomic mass is 10.1. The molecule has 0 N–H and O–H groups in total. The average molecular weight is 431 g/mol. The molecule has 1 fully saturated rings. The standard InChI is InChI=1S/C18H15BrF4N2O/c1-10-14(19)7-8-15(25(10)9-11-5-6-11)24-17(26)12-3-2-4-13(16(12)20)18(21,22)23/h2-4,7-8,11H,5-6,9H2,1H3. The highest BCUT2D eigenvalue weighted by Gasteiger charge is 2.35. The molecule has 0 unspecified atom stereocenters. The normalized spacial score (nSPS) is 15.4. The topological polar surface area (TPSA) is 34.4 Å². The van der Waals surface area contributed by atoms with Gasteiger partial charge in [-0.05, 0) is 65.9 Å². The van der Waals surface area contributed by atoms with E-state index in [9.17, 15) is 22.4 Å². The predicted octanol–water partition coefficient (Wildman–Crippen LogP) is 4.87. The molecule has 138 valence electrons. The molecule has 0 atom stereocenters. The van der Waals surface area contributed by atoms with E-state index in [1.165, 1.54) is 0 Å². The van der Waals surface area contributed by atoms with E-state index in [1.807, 2.05) is 11.5 Å². The SMILES string of the molecule is Cc1c(Br)ccc(=NC(=O)c2cccc(C(F)(F)F)c2F)n1CC1CC1. The van der Waals surface area contributed by atoms with Gasteiger partial charge < -0.3 is 4.57 Å². The van der Waals surface area contributed by atoms with Crippen LogP contribution in [-0.2, 0) is 12.7 Å². The summed E-state index contributed by atoms with van der Waals surface area (Å²) in [5.74, 6) is -2.15. The maximum Gasteiger partial charge on any atom is 0.419 e. The van der Waals surface area contributed by atoms with Gasteiger partial charge in [-0.15, -0.1) is 0 Å². The van der Waals surface area contributed by atoms with Gasteiger partial charge >= 0.3 is 6.18 Å². The van der Waals surface area contributed by atoms with E-state index in [2.05, 4.69) is 20.9 Å². The van der Waals surface area contributed by atoms with Crippen molar-refractivity contribution in [3.05, 3.63) is 62.9 Å². The molecule has 0 bridgehead atoms. The summed E-state index contributed by atoms with van der Waals surface area (Å²) in [7, 11) is 0. The lowest BCUT2D eigenvalue weighted by molar-refractivity contribution is -0.140. The first-order chi connectivity index (χ1) is 12.2. The fourth-order valence-electron chi connectivity index (χ4n) is 2.63. The van der Waals surface area contributed by atoms with Gasteiger partial charge in [0.15, 0.2) is 0 Å². The van der Waals surface area contributed by atoms with Crippen LogP contribution < -0.4 is 5.49 Å². The number of hydrogen-bond donors (Lipinski definition) is 0. The number of alkyl halides is 3. The summed E-state index contributed by atoms with van der Waals surface area (Å²) in [5, 5.41) is 0. The monoisotopic (exact) mass is 430 g/mol. The molecule has 2 aromatic rings. The van der Waals surface area contributed by atoms with Gasteiger partial charge in [-0.25, -0.2) is 4.39 Å². The van der Waals surface area contributed by atoms with Crippen LogP contribution in [0.15, 0.2) is 39.8 Å². The highest BCUT2D eigenvalue weighted by atomic mass is 79.9. The smallest absolute Gasteiger partial charge is 0.329 e. The zero-order valence-electron chi connectivity index (χ0n) is 13.8. The molecule has 0 aliphatic heterocycles. The predicted molar refractivity (Wildman–Crippen MR) is 90.9 cm³/mol. The van der Waals surface area contributed by atoms with Crippen molar-refractivity contribution in [2.75, 3.05) is 0 Å². The molecular formula is C18H15BrF4N2O. The van der Waals surface area contributed by atoms with E-state index in [4.69, 9.17) is 0 Å². The summed E-state index contributed by atoms with van der Waals surface area (Å²) in [6.07, 6.45) is -2.72. The molecule has 0 saturated heterocycles. The Morgan fingerprint density at radius 3 is 2.58 bits per heavy atom. The van der Waals surface area contributed by atoms with E-state index in [0.29, 0.717) is 24.0 Å². The van der Waals surface area contributed by atoms with Crippen LogP contribution in [0.4, 0.5) is 17.6 Å². The summed E-state index contributed by atoms with van der Waals surface area (Å²) < 4.78 is 55.3. The van der Waals surface area contributed by atoms with Crippen LogP contribution in [0.3, 0.4) is 0 Å². The Kier molecular flexibility index (Phi) is 5.05. The number of carbonyl (C=O) groups excluding carboxylic acids is 1. The number of rotatable bonds is 3. The molecule has 0 spiro atoms. The van der Waals surface area contributed by atoms with E-state index < -0.39 is 29.0 Å². The molecule has 8 heteroatoms. The van der Waals surface area contributed by atoms with Gasteiger partial charge in [0.05, 0.1) is 11.1 Å². The second kappa shape index (κ2) is 6.98. The molecule has 1 aliphatic rings. The average Bonchev–Trinajstić information content (AvgIpc) is 3.37. The van der Waals surface area contributed by atoms with Crippen molar-refractivity contribution in [1.82, 2.24) is 4.57 Å². The summed E-state index contributed by atoms with van der Waals surface area (Å²) in [4.78, 5) is 16.3. The van der Waals surface area contributed by atoms with Crippen LogP contribution in [0.1, 0.15) is 34.5 Å². The van der Waals surface area contributed by atoms with Crippen LogP contribution in [0.5, 0.6) is 0 Å². The molecule has 1 heterocycles. The van der Waals surface area contributed by atoms with Crippen molar-refractivity contribution in [1.29, 1.82) is 0 Å². The number of carbonyl (C=O) groups is 1. The van der Waals surface area contributed by atoms with Crippen molar-refractivity contribution in [2.45, 2.75) is 32.5 Å². The van der Waals surface area contributed by atoms with Crippen molar-refractivity contribution in [2.24, 2.45) is 10.9 Å². The Morgan fingerprint density at radius 1 is 1.27 bits per heavy atom. The highest BCUT2D eigenvalue weighted by Crippen LogP contribution is 2.33. The van der Waals surface area contributed by atoms with Crippen molar-refractivity contribution in [3.63, 3.8) is 0 Å². The molecule has 1 aromatic carbocycles. The maximum absolute atomic E-state index is 14.2. The van der Waals surface area contributed by atoms with E-state index in [0.717, 1.165) is 35.1 Å². The number of hydrogen-bond acceptors (Lipinski definition) is 1. The van der Waals surface area contributed by atoms with Gasteiger partial charge in [0.1, 0.15) is 11.3 Å². The minimum absolute atomic E-state index is 0.291. The van der Waals surface area contributed by atoms with Crippen LogP contribution >= 0.6 is 15.9 Å². The molecule has 0 radical (unpaired) electrons. The molecular weight excluding hydrogens is 416 g/mol. The first kappa shape index (κ1) is 18.8. The quantitative estimate of drug-likeness (QED) is 0.639. The van der Waals surface area contributed by atoms with E-state index in [-0.39, 0.29) is 0 Å². The Hall–Kier alpha value is -1.96. The molecule has 1 aliphatic carbocycles. The highest BCUT2D eigenvalue weighted by molar-refractivity contribution is 9.10. The summed E-state index contributed by atoms with van der Waals surface area (Å²) >= 11 is 3.41. The molecule has 1 aromatic heterocycles. The molecule has 1 saturated carbocycles. The lowest BCUT2D eigenvalue weighted by Gasteiger charge is -2.13. The third-order valence-corrected chi connectivity index (χ3v) is 5.13. The Balaban J connectivity index is 2.06. The molecule has 3 rings (SSSR count). The molecule has 3 nitrogen and oxygen atoms in total. The fraction of sp³-hybridized carbons (Fsp3) is 0.333. The molecule has 26 heavy (non-hydrogen) atoms. The summed E-state index contributed by atoms with van der Waals surface area (Å²) in [5.41, 5.74) is -1.04. The Labute approximate surface area is 155 Å². The minimum Gasteiger partial charge on any atom is -0.329 e. The zero-order valence-corrected chi connectivity index (χ0v) is 15.4. The lowest BCUT2D eigenvalue weighted by Crippen LogP contribution is -2.25. The number of nitrogens with zero attached hydrogens (tertiary/aromatic N) is 2. The van der Waals surface area contributed by atoms with Crippen LogP contribution in [0, 0.1) is 18.7 Å². The van der Waals surface area contributed by atoms with Crippen molar-refractivity contribution >= 4 is 21.8 Å². The fourth-order valence-corrected chi connectivity index (χ4v) is 2.97. The summed E-state index contributed by atoms with van der Waals surface area (Å²) in [6.45, 7) is 2.50. The van der Waals surface area contributed by atoms with Crippen LogP contribution in [0.25, 0.3) is 0 Å². The number of halogens is 5. The van der Waals surface area contributed by atoms with Crippen molar-refractivity contribution in [3.8, 4) is 0 Å². The van der Waals surface area contributed by atoms with Gasteiger partial charge in [-0.1, -0.05) is 6.07 Å². The van der Waals surface area contributed by atoms with Crippen LogP contribution in [-0.4, -0.2) is 10.5 Å². The second-order valence-corrected chi connectivity index (χ2v) is 7.12. The third kappa shape index (κ3) is 3.90. The van der Waals surface area contributed by atoms with Gasteiger partial charge in [0.2, 0.25) is 0 Å². The van der Waals surface area contributed by atoms with Gasteiger partial charge in [-0.3, -0.25) is 4.79 Å². The van der Waals surface area contributed by atoms with E-state index >= 15 is 0 Å². The summed E-state index contributed by atoms with van der Waals surface area (Å²) in [6, 6.07) is 5.90. The number of amides is 1. The Morgan fingerprint density at radius 2 is 1.96 bits per heavy atom. The Bertz CT molecular complexity index is 930. The molecule has 1 amide bonds. The second-order valence-electron chi connectivity index (χ2n) is 6.26. The first-order valence-corrected chi connectivity index (χ1v) is 8.78. The largest absolute Gasteiger partial charge is 0.419 e. The van der Waals surface area contributed by atoms with Crippen LogP contribution in [0.2, 0.25) is 0 Å². The van der Waals surface area contributed by atoms with E-state index in [1.54, 1.807) is 12.1 Å². The number of pyridine rings is 1. The van der Waals surface area contributed by atoms with Gasteiger partial charge in [0, 0.05) is 16.7 Å². The first-order valence-electron chi connectivity index (χ1n) is 7.99. The maximum atomic E-state index is 14.2. The zero-order chi connectivity index (χ0) is 19.1. The third-order valence-electron chi connectivity index (χ3n) is 4.29. The number of benzene rings is 1. The van der Waals surface area contributed by atoms with Gasteiger partial charge in [0.25, 0.3) is 5.91 Å². The minimum atomic E-state index is -4.87. The number of aromatic nitrogens is 1.